The number of imidazole rings is 1. The second-order valence-electron chi connectivity index (χ2n) is 11.4. The predicted molar refractivity (Wildman–Crippen MR) is 162 cm³/mol. The molecular formula is C33H33ClN4O2. The Morgan fingerprint density at radius 2 is 1.62 bits per heavy atom. The summed E-state index contributed by atoms with van der Waals surface area (Å²) in [6.45, 7) is 7.72. The molecule has 0 radical (unpaired) electrons. The molecule has 1 atom stereocenters. The first-order valence-electron chi connectivity index (χ1n) is 13.2. The summed E-state index contributed by atoms with van der Waals surface area (Å²) in [5, 5.41) is 4.91. The molecule has 204 valence electrons. The number of carbonyl (C=O) groups is 1. The number of aromatic nitrogens is 3. The van der Waals surface area contributed by atoms with E-state index < -0.39 is 11.0 Å². The zero-order valence-electron chi connectivity index (χ0n) is 23.6. The summed E-state index contributed by atoms with van der Waals surface area (Å²) in [5.74, 6) is -0.122. The number of carbonyl (C=O) groups excluding carboxylic acids is 1. The van der Waals surface area contributed by atoms with Crippen LogP contribution >= 0.6 is 11.6 Å². The standard InChI is InChI=1S/C33H33ClN4O2/c1-21-8-7-9-22(16-21)26-18-30(39)38(6)28-15-12-24(17-27(26)28)33(29-19-35-20-37(29)5,36-31(40)32(2,3)4)23-10-13-25(34)14-11-23/h7-20H,1-6H3,(H,36,40)/t33-/m1/s1. The Morgan fingerprint density at radius 3 is 2.25 bits per heavy atom. The van der Waals surface area contributed by atoms with E-state index >= 15 is 0 Å². The first kappa shape index (κ1) is 27.4. The van der Waals surface area contributed by atoms with E-state index in [0.29, 0.717) is 5.02 Å². The number of hydrogen-bond donors (Lipinski definition) is 1. The molecule has 0 aliphatic rings. The van der Waals surface area contributed by atoms with Crippen LogP contribution in [0.2, 0.25) is 5.02 Å². The lowest BCUT2D eigenvalue weighted by atomic mass is 9.78. The van der Waals surface area contributed by atoms with Gasteiger partial charge in [0.15, 0.2) is 0 Å². The summed E-state index contributed by atoms with van der Waals surface area (Å²) in [4.78, 5) is 31.2. The van der Waals surface area contributed by atoms with Crippen LogP contribution in [0, 0.1) is 12.3 Å². The maximum Gasteiger partial charge on any atom is 0.251 e. The van der Waals surface area contributed by atoms with Crippen molar-refractivity contribution in [1.82, 2.24) is 19.4 Å². The maximum atomic E-state index is 13.8. The summed E-state index contributed by atoms with van der Waals surface area (Å²) in [6, 6.07) is 23.3. The van der Waals surface area contributed by atoms with Gasteiger partial charge in [-0.15, -0.1) is 0 Å². The van der Waals surface area contributed by atoms with Crippen molar-refractivity contribution in [3.63, 3.8) is 0 Å². The molecule has 40 heavy (non-hydrogen) atoms. The molecule has 0 spiro atoms. The third-order valence-electron chi connectivity index (χ3n) is 7.47. The fourth-order valence-corrected chi connectivity index (χ4v) is 5.32. The largest absolute Gasteiger partial charge is 0.337 e. The molecule has 7 heteroatoms. The van der Waals surface area contributed by atoms with E-state index in [9.17, 15) is 9.59 Å². The number of hydrogen-bond acceptors (Lipinski definition) is 3. The van der Waals surface area contributed by atoms with Crippen molar-refractivity contribution in [2.45, 2.75) is 33.2 Å². The molecule has 2 heterocycles. The van der Waals surface area contributed by atoms with Crippen LogP contribution in [0.3, 0.4) is 0 Å². The Morgan fingerprint density at radius 1 is 0.925 bits per heavy atom. The zero-order valence-corrected chi connectivity index (χ0v) is 24.4. The van der Waals surface area contributed by atoms with Gasteiger partial charge in [0.1, 0.15) is 5.54 Å². The van der Waals surface area contributed by atoms with Crippen molar-refractivity contribution in [3.05, 3.63) is 123 Å². The van der Waals surface area contributed by atoms with Crippen LogP contribution in [-0.4, -0.2) is 20.0 Å². The predicted octanol–water partition coefficient (Wildman–Crippen LogP) is 6.36. The number of nitrogens with one attached hydrogen (secondary N) is 1. The fourth-order valence-electron chi connectivity index (χ4n) is 5.19. The molecule has 5 rings (SSSR count). The van der Waals surface area contributed by atoms with Crippen molar-refractivity contribution >= 4 is 28.4 Å². The highest BCUT2D eigenvalue weighted by atomic mass is 35.5. The minimum absolute atomic E-state index is 0.0895. The number of fused-ring (bicyclic) bond motifs is 1. The number of pyridine rings is 1. The van der Waals surface area contributed by atoms with Crippen LogP contribution in [0.1, 0.15) is 43.2 Å². The Balaban J connectivity index is 1.90. The second-order valence-corrected chi connectivity index (χ2v) is 11.8. The first-order valence-corrected chi connectivity index (χ1v) is 13.6. The van der Waals surface area contributed by atoms with Crippen molar-refractivity contribution < 1.29 is 4.79 Å². The van der Waals surface area contributed by atoms with Gasteiger partial charge in [-0.3, -0.25) is 9.59 Å². The van der Waals surface area contributed by atoms with Crippen LogP contribution < -0.4 is 10.9 Å². The second kappa shape index (κ2) is 10.1. The number of nitrogens with zero attached hydrogens (tertiary/aromatic N) is 3. The molecule has 0 unspecified atom stereocenters. The molecular weight excluding hydrogens is 520 g/mol. The Bertz CT molecular complexity index is 1790. The SMILES string of the molecule is Cc1cccc(-c2cc(=O)n(C)c3ccc([C@](NC(=O)C(C)(C)C)(c4ccc(Cl)cc4)c4cncn4C)cc23)c1. The van der Waals surface area contributed by atoms with E-state index in [2.05, 4.69) is 22.4 Å². The highest BCUT2D eigenvalue weighted by molar-refractivity contribution is 6.30. The molecule has 1 N–H and O–H groups in total. The molecule has 5 aromatic rings. The molecule has 0 aliphatic carbocycles. The average molecular weight is 553 g/mol. The molecule has 2 aromatic heterocycles. The quantitative estimate of drug-likeness (QED) is 0.276. The van der Waals surface area contributed by atoms with E-state index in [1.807, 2.05) is 93.9 Å². The molecule has 0 aliphatic heterocycles. The molecule has 3 aromatic carbocycles. The topological polar surface area (TPSA) is 68.9 Å². The zero-order chi connectivity index (χ0) is 28.8. The normalized spacial score (nSPS) is 13.3. The monoisotopic (exact) mass is 552 g/mol. The van der Waals surface area contributed by atoms with Crippen molar-refractivity contribution in [1.29, 1.82) is 0 Å². The third kappa shape index (κ3) is 4.73. The Hall–Kier alpha value is -4.16. The van der Waals surface area contributed by atoms with Gasteiger partial charge in [0.05, 0.1) is 23.7 Å². The number of halogens is 1. The summed E-state index contributed by atoms with van der Waals surface area (Å²) < 4.78 is 3.57. The summed E-state index contributed by atoms with van der Waals surface area (Å²) in [5.41, 5.74) is 4.28. The van der Waals surface area contributed by atoms with Gasteiger partial charge in [-0.05, 0) is 53.4 Å². The van der Waals surface area contributed by atoms with Crippen molar-refractivity contribution in [2.75, 3.05) is 0 Å². The molecule has 0 saturated carbocycles. The lowest BCUT2D eigenvalue weighted by molar-refractivity contribution is -0.129. The maximum absolute atomic E-state index is 13.8. The van der Waals surface area contributed by atoms with E-state index in [-0.39, 0.29) is 11.5 Å². The van der Waals surface area contributed by atoms with E-state index in [4.69, 9.17) is 11.6 Å². The molecule has 1 amide bonds. The third-order valence-corrected chi connectivity index (χ3v) is 7.72. The highest BCUT2D eigenvalue weighted by Gasteiger charge is 2.42. The summed E-state index contributed by atoms with van der Waals surface area (Å²) >= 11 is 6.32. The lowest BCUT2D eigenvalue weighted by Gasteiger charge is -2.38. The molecule has 6 nitrogen and oxygen atoms in total. The fraction of sp³-hybridized carbons (Fsp3) is 0.242. The van der Waals surface area contributed by atoms with Crippen LogP contribution in [0.25, 0.3) is 22.0 Å². The van der Waals surface area contributed by atoms with Crippen LogP contribution in [0.4, 0.5) is 0 Å². The summed E-state index contributed by atoms with van der Waals surface area (Å²) in [6.07, 6.45) is 3.51. The lowest BCUT2D eigenvalue weighted by Crippen LogP contribution is -2.52. The molecule has 0 fully saturated rings. The van der Waals surface area contributed by atoms with Gasteiger partial charge in [-0.1, -0.05) is 80.4 Å². The van der Waals surface area contributed by atoms with Gasteiger partial charge in [-0.25, -0.2) is 4.98 Å². The van der Waals surface area contributed by atoms with Gasteiger partial charge < -0.3 is 14.5 Å². The average Bonchev–Trinajstić information content (AvgIpc) is 3.35. The van der Waals surface area contributed by atoms with E-state index in [0.717, 1.165) is 44.4 Å². The molecule has 0 bridgehead atoms. The van der Waals surface area contributed by atoms with Gasteiger partial charge in [0.2, 0.25) is 5.91 Å². The van der Waals surface area contributed by atoms with Gasteiger partial charge >= 0.3 is 0 Å². The van der Waals surface area contributed by atoms with Crippen molar-refractivity contribution in [2.24, 2.45) is 19.5 Å². The van der Waals surface area contributed by atoms with E-state index in [1.165, 1.54) is 0 Å². The minimum Gasteiger partial charge on any atom is -0.337 e. The minimum atomic E-state index is -1.10. The van der Waals surface area contributed by atoms with E-state index in [1.54, 1.807) is 30.2 Å². The first-order chi connectivity index (χ1) is 18.9. The van der Waals surface area contributed by atoms with Gasteiger partial charge in [0, 0.05) is 36.0 Å². The van der Waals surface area contributed by atoms with Crippen LogP contribution in [0.5, 0.6) is 0 Å². The number of rotatable bonds is 5. The Kier molecular flexibility index (Phi) is 6.92. The number of benzene rings is 3. The Labute approximate surface area is 239 Å². The number of amides is 1. The summed E-state index contributed by atoms with van der Waals surface area (Å²) in [7, 11) is 3.69. The van der Waals surface area contributed by atoms with Gasteiger partial charge in [-0.2, -0.15) is 0 Å². The van der Waals surface area contributed by atoms with Crippen LogP contribution in [-0.2, 0) is 24.4 Å². The number of aryl methyl sites for hydroxylation is 3. The molecule has 0 saturated heterocycles. The van der Waals surface area contributed by atoms with Crippen LogP contribution in [0.15, 0.2) is 90.1 Å². The smallest absolute Gasteiger partial charge is 0.251 e. The highest BCUT2D eigenvalue weighted by Crippen LogP contribution is 2.40. The van der Waals surface area contributed by atoms with Crippen molar-refractivity contribution in [3.8, 4) is 11.1 Å². The van der Waals surface area contributed by atoms with Gasteiger partial charge in [0.25, 0.3) is 5.56 Å².